The molecule has 3 heterocycles. The molecule has 2 N–H and O–H groups in total. The van der Waals surface area contributed by atoms with Crippen molar-refractivity contribution in [3.8, 4) is 11.4 Å². The standard InChI is InChI=1S/C30H31N5O2S/c1-3-37-24-15-13-23(14-16-24)34-19-6-8-26(34)29-28(25-7-4-5-18-31-25)33-30(38)35(29)20-17-27(36)32-22-11-9-21(2)10-12-22/h4-16,18-19,28-29H,3,17,20H2,1-2H3,(H,32,36)(H,33,38)/t28-,29-/m0/s1. The smallest absolute Gasteiger partial charge is 0.226 e. The number of pyridine rings is 1. The summed E-state index contributed by atoms with van der Waals surface area (Å²) in [6, 6.07) is 25.5. The fourth-order valence-corrected chi connectivity index (χ4v) is 5.12. The van der Waals surface area contributed by atoms with Gasteiger partial charge in [0.15, 0.2) is 5.11 Å². The van der Waals surface area contributed by atoms with E-state index < -0.39 is 0 Å². The number of hydrogen-bond donors (Lipinski definition) is 2. The second-order valence-corrected chi connectivity index (χ2v) is 9.60. The predicted octanol–water partition coefficient (Wildman–Crippen LogP) is 5.58. The van der Waals surface area contributed by atoms with Crippen LogP contribution in [0.25, 0.3) is 5.69 Å². The largest absolute Gasteiger partial charge is 0.494 e. The normalized spacial score (nSPS) is 16.8. The molecular formula is C30H31N5O2S. The van der Waals surface area contributed by atoms with Crippen LogP contribution in [0.1, 0.15) is 42.4 Å². The Balaban J connectivity index is 1.42. The van der Waals surface area contributed by atoms with E-state index in [1.54, 1.807) is 6.20 Å². The van der Waals surface area contributed by atoms with Crippen molar-refractivity contribution in [1.29, 1.82) is 0 Å². The third kappa shape index (κ3) is 5.55. The zero-order valence-electron chi connectivity index (χ0n) is 21.5. The molecule has 1 aliphatic heterocycles. The molecule has 0 bridgehead atoms. The summed E-state index contributed by atoms with van der Waals surface area (Å²) in [5.41, 5.74) is 4.90. The van der Waals surface area contributed by atoms with Crippen LogP contribution in [0.3, 0.4) is 0 Å². The van der Waals surface area contributed by atoms with E-state index in [9.17, 15) is 4.79 Å². The van der Waals surface area contributed by atoms with Crippen molar-refractivity contribution < 1.29 is 9.53 Å². The highest BCUT2D eigenvalue weighted by Gasteiger charge is 2.41. The lowest BCUT2D eigenvalue weighted by atomic mass is 10.0. The van der Waals surface area contributed by atoms with Gasteiger partial charge in [0.1, 0.15) is 5.75 Å². The van der Waals surface area contributed by atoms with E-state index in [2.05, 4.69) is 31.2 Å². The van der Waals surface area contributed by atoms with Crippen molar-refractivity contribution in [3.05, 3.63) is 108 Å². The van der Waals surface area contributed by atoms with Crippen LogP contribution >= 0.6 is 12.2 Å². The van der Waals surface area contributed by atoms with Crippen LogP contribution in [0.15, 0.2) is 91.3 Å². The van der Waals surface area contributed by atoms with Crippen molar-refractivity contribution in [2.24, 2.45) is 0 Å². The zero-order valence-corrected chi connectivity index (χ0v) is 22.3. The molecule has 0 aliphatic carbocycles. The van der Waals surface area contributed by atoms with Gasteiger partial charge in [0.05, 0.1) is 24.4 Å². The highest BCUT2D eigenvalue weighted by molar-refractivity contribution is 7.80. The molecule has 5 rings (SSSR count). The quantitative estimate of drug-likeness (QED) is 0.278. The SMILES string of the molecule is CCOc1ccc(-n2cccc2[C@H]2[C@H](c3ccccn3)NC(=S)N2CCC(=O)Nc2ccc(C)cc2)cc1. The van der Waals surface area contributed by atoms with Gasteiger partial charge in [-0.05, 0) is 86.7 Å². The van der Waals surface area contributed by atoms with Crippen LogP contribution in [-0.2, 0) is 4.79 Å². The first-order valence-corrected chi connectivity index (χ1v) is 13.2. The molecule has 2 aromatic heterocycles. The molecule has 2 aromatic carbocycles. The molecule has 4 aromatic rings. The topological polar surface area (TPSA) is 71.4 Å². The average Bonchev–Trinajstić information content (AvgIpc) is 3.54. The summed E-state index contributed by atoms with van der Waals surface area (Å²) >= 11 is 5.80. The molecule has 0 unspecified atom stereocenters. The van der Waals surface area contributed by atoms with Gasteiger partial charge in [0.25, 0.3) is 0 Å². The number of aryl methyl sites for hydroxylation is 1. The Bertz CT molecular complexity index is 1390. The lowest BCUT2D eigenvalue weighted by molar-refractivity contribution is -0.116. The monoisotopic (exact) mass is 525 g/mol. The van der Waals surface area contributed by atoms with E-state index in [1.165, 1.54) is 0 Å². The van der Waals surface area contributed by atoms with Crippen LogP contribution in [0, 0.1) is 6.92 Å². The average molecular weight is 526 g/mol. The fraction of sp³-hybridized carbons (Fsp3) is 0.233. The first-order valence-electron chi connectivity index (χ1n) is 12.8. The van der Waals surface area contributed by atoms with Crippen molar-refractivity contribution in [1.82, 2.24) is 19.8 Å². The minimum absolute atomic E-state index is 0.0569. The third-order valence-corrected chi connectivity index (χ3v) is 6.97. The second kappa shape index (κ2) is 11.5. The van der Waals surface area contributed by atoms with E-state index in [1.807, 2.05) is 92.8 Å². The number of rotatable bonds is 9. The summed E-state index contributed by atoms with van der Waals surface area (Å²) in [5.74, 6) is 0.778. The summed E-state index contributed by atoms with van der Waals surface area (Å²) in [7, 11) is 0. The minimum Gasteiger partial charge on any atom is -0.494 e. The fourth-order valence-electron chi connectivity index (χ4n) is 4.79. The molecule has 1 fully saturated rings. The van der Waals surface area contributed by atoms with Crippen LogP contribution in [0.5, 0.6) is 5.75 Å². The summed E-state index contributed by atoms with van der Waals surface area (Å²) in [4.78, 5) is 19.6. The number of nitrogens with one attached hydrogen (secondary N) is 2. The van der Waals surface area contributed by atoms with E-state index in [4.69, 9.17) is 17.0 Å². The van der Waals surface area contributed by atoms with Crippen molar-refractivity contribution >= 4 is 28.9 Å². The number of nitrogens with zero attached hydrogens (tertiary/aromatic N) is 3. The van der Waals surface area contributed by atoms with Crippen molar-refractivity contribution in [2.75, 3.05) is 18.5 Å². The predicted molar refractivity (Wildman–Crippen MR) is 154 cm³/mol. The van der Waals surface area contributed by atoms with E-state index >= 15 is 0 Å². The Morgan fingerprint density at radius 3 is 2.55 bits per heavy atom. The van der Waals surface area contributed by atoms with Gasteiger partial charge in [-0.2, -0.15) is 0 Å². The highest BCUT2D eigenvalue weighted by atomic mass is 32.1. The molecule has 1 saturated heterocycles. The van der Waals surface area contributed by atoms with Gasteiger partial charge in [0, 0.05) is 42.4 Å². The second-order valence-electron chi connectivity index (χ2n) is 9.21. The van der Waals surface area contributed by atoms with Gasteiger partial charge in [-0.25, -0.2) is 0 Å². The van der Waals surface area contributed by atoms with Gasteiger partial charge in [-0.15, -0.1) is 0 Å². The summed E-state index contributed by atoms with van der Waals surface area (Å²) in [6.45, 7) is 5.08. The maximum absolute atomic E-state index is 12.8. The number of hydrogen-bond acceptors (Lipinski definition) is 4. The Morgan fingerprint density at radius 2 is 1.84 bits per heavy atom. The number of aromatic nitrogens is 2. The lowest BCUT2D eigenvalue weighted by Gasteiger charge is -2.29. The number of amides is 1. The van der Waals surface area contributed by atoms with Crippen LogP contribution in [0.4, 0.5) is 5.69 Å². The summed E-state index contributed by atoms with van der Waals surface area (Å²) in [6.07, 6.45) is 4.13. The molecule has 2 atom stereocenters. The number of anilines is 1. The molecule has 7 nitrogen and oxygen atoms in total. The number of thiocarbonyl (C=S) groups is 1. The maximum Gasteiger partial charge on any atom is 0.226 e. The molecular weight excluding hydrogens is 494 g/mol. The number of ether oxygens (including phenoxy) is 1. The highest BCUT2D eigenvalue weighted by Crippen LogP contribution is 2.39. The van der Waals surface area contributed by atoms with E-state index in [-0.39, 0.29) is 18.0 Å². The first kappa shape index (κ1) is 25.5. The molecule has 8 heteroatoms. The number of carbonyl (C=O) groups excluding carboxylic acids is 1. The minimum atomic E-state index is -0.166. The first-order chi connectivity index (χ1) is 18.5. The number of carbonyl (C=O) groups is 1. The summed E-state index contributed by atoms with van der Waals surface area (Å²) < 4.78 is 7.78. The molecule has 0 saturated carbocycles. The Kier molecular flexibility index (Phi) is 7.70. The Hall–Kier alpha value is -4.17. The summed E-state index contributed by atoms with van der Waals surface area (Å²) in [5, 5.41) is 7.07. The molecule has 0 spiro atoms. The van der Waals surface area contributed by atoms with E-state index in [0.29, 0.717) is 24.7 Å². The Morgan fingerprint density at radius 1 is 1.05 bits per heavy atom. The molecule has 1 aliphatic rings. The lowest BCUT2D eigenvalue weighted by Crippen LogP contribution is -2.33. The zero-order chi connectivity index (χ0) is 26.5. The van der Waals surface area contributed by atoms with Gasteiger partial charge in [0.2, 0.25) is 5.91 Å². The molecule has 1 amide bonds. The molecule has 38 heavy (non-hydrogen) atoms. The van der Waals surface area contributed by atoms with Crippen LogP contribution < -0.4 is 15.4 Å². The van der Waals surface area contributed by atoms with Crippen molar-refractivity contribution in [3.63, 3.8) is 0 Å². The van der Waals surface area contributed by atoms with Gasteiger partial charge >= 0.3 is 0 Å². The number of benzene rings is 2. The maximum atomic E-state index is 12.8. The van der Waals surface area contributed by atoms with Crippen LogP contribution in [-0.4, -0.2) is 38.6 Å². The molecule has 0 radical (unpaired) electrons. The van der Waals surface area contributed by atoms with Gasteiger partial charge < -0.3 is 24.8 Å². The molecule has 194 valence electrons. The Labute approximate surface area is 228 Å². The van der Waals surface area contributed by atoms with Gasteiger partial charge in [-0.1, -0.05) is 23.8 Å². The van der Waals surface area contributed by atoms with E-state index in [0.717, 1.165) is 34.1 Å². The van der Waals surface area contributed by atoms with Crippen molar-refractivity contribution in [2.45, 2.75) is 32.4 Å². The van der Waals surface area contributed by atoms with Gasteiger partial charge in [-0.3, -0.25) is 9.78 Å². The third-order valence-electron chi connectivity index (χ3n) is 6.62. The van der Waals surface area contributed by atoms with Crippen LogP contribution in [0.2, 0.25) is 0 Å².